The second kappa shape index (κ2) is 9.29. The molecule has 23 heavy (non-hydrogen) atoms. The Balaban J connectivity index is 1.81. The van der Waals surface area contributed by atoms with Crippen LogP contribution < -0.4 is 4.74 Å². The number of β-amino-alcohol motifs (C(OH)–C–C–N with tert-alkyl or cyclic N) is 1. The summed E-state index contributed by atoms with van der Waals surface area (Å²) in [5, 5.41) is 10.5. The Hall–Kier alpha value is -1.06. The quantitative estimate of drug-likeness (QED) is 0.734. The van der Waals surface area contributed by atoms with Crippen LogP contribution in [0.3, 0.4) is 0 Å². The summed E-state index contributed by atoms with van der Waals surface area (Å²) in [4.78, 5) is 2.47. The second-order valence-electron chi connectivity index (χ2n) is 7.03. The Labute approximate surface area is 141 Å². The van der Waals surface area contributed by atoms with Gasteiger partial charge in [-0.15, -0.1) is 0 Å². The second-order valence-corrected chi connectivity index (χ2v) is 7.03. The molecule has 3 atom stereocenters. The predicted molar refractivity (Wildman–Crippen MR) is 96.0 cm³/mol. The van der Waals surface area contributed by atoms with Crippen LogP contribution in [0.2, 0.25) is 0 Å². The highest BCUT2D eigenvalue weighted by Gasteiger charge is 2.26. The molecule has 3 nitrogen and oxygen atoms in total. The number of likely N-dealkylation sites (tertiary alicyclic amines) is 1. The number of benzene rings is 1. The summed E-state index contributed by atoms with van der Waals surface area (Å²) in [5.74, 6) is 0.926. The molecule has 1 fully saturated rings. The maximum absolute atomic E-state index is 10.5. The molecule has 0 bridgehead atoms. The van der Waals surface area contributed by atoms with Gasteiger partial charge in [0.05, 0.1) is 12.7 Å². The molecular weight excluding hydrogens is 286 g/mol. The molecule has 3 heteroatoms. The first-order chi connectivity index (χ1) is 11.1. The van der Waals surface area contributed by atoms with Gasteiger partial charge in [-0.1, -0.05) is 31.9 Å². The zero-order valence-corrected chi connectivity index (χ0v) is 15.0. The topological polar surface area (TPSA) is 32.7 Å². The fraction of sp³-hybridized carbons (Fsp3) is 0.700. The lowest BCUT2D eigenvalue weighted by molar-refractivity contribution is 0.0419. The zero-order chi connectivity index (χ0) is 16.7. The summed E-state index contributed by atoms with van der Waals surface area (Å²) in [5.41, 5.74) is 1.18. The van der Waals surface area contributed by atoms with Gasteiger partial charge in [-0.25, -0.2) is 0 Å². The molecule has 3 unspecified atom stereocenters. The van der Waals surface area contributed by atoms with E-state index in [2.05, 4.69) is 37.8 Å². The maximum Gasteiger partial charge on any atom is 0.119 e. The van der Waals surface area contributed by atoms with Crippen molar-refractivity contribution in [1.82, 2.24) is 4.90 Å². The average molecular weight is 319 g/mol. The number of piperidine rings is 1. The minimum absolute atomic E-state index is 0.301. The average Bonchev–Trinajstić information content (AvgIpc) is 2.53. The fourth-order valence-electron chi connectivity index (χ4n) is 3.47. The van der Waals surface area contributed by atoms with Gasteiger partial charge in [0.25, 0.3) is 0 Å². The summed E-state index contributed by atoms with van der Waals surface area (Å²) in [7, 11) is 0. The van der Waals surface area contributed by atoms with Gasteiger partial charge < -0.3 is 9.84 Å². The summed E-state index contributed by atoms with van der Waals surface area (Å²) < 4.78 is 5.69. The van der Waals surface area contributed by atoms with E-state index in [0.29, 0.717) is 18.5 Å². The number of aliphatic hydroxyl groups is 1. The lowest BCUT2D eigenvalue weighted by atomic mass is 9.96. The third kappa shape index (κ3) is 5.82. The number of rotatable bonds is 8. The smallest absolute Gasteiger partial charge is 0.119 e. The van der Waals surface area contributed by atoms with Crippen LogP contribution in [0.15, 0.2) is 24.3 Å². The van der Waals surface area contributed by atoms with Crippen LogP contribution in [-0.2, 0) is 6.42 Å². The molecule has 0 saturated carbocycles. The molecule has 1 aliphatic heterocycles. The van der Waals surface area contributed by atoms with E-state index in [0.717, 1.165) is 31.7 Å². The molecule has 0 aromatic heterocycles. The van der Waals surface area contributed by atoms with Crippen LogP contribution >= 0.6 is 0 Å². The van der Waals surface area contributed by atoms with E-state index in [1.807, 2.05) is 12.1 Å². The third-order valence-electron chi connectivity index (χ3n) is 4.96. The molecule has 1 N–H and O–H groups in total. The standard InChI is InChI=1S/C20H33NO2/c1-4-5-13-23-20-11-9-18(10-12-20)14-19(22)15-21-16(2)7-6-8-17(21)3/h9-12,16-17,19,22H,4-8,13-15H2,1-3H3. The first-order valence-corrected chi connectivity index (χ1v) is 9.25. The zero-order valence-electron chi connectivity index (χ0n) is 15.0. The van der Waals surface area contributed by atoms with Crippen molar-refractivity contribution in [3.63, 3.8) is 0 Å². The molecule has 2 rings (SSSR count). The van der Waals surface area contributed by atoms with Crippen LogP contribution in [0.4, 0.5) is 0 Å². The van der Waals surface area contributed by atoms with Gasteiger partial charge in [0.2, 0.25) is 0 Å². The van der Waals surface area contributed by atoms with Crippen LogP contribution in [-0.4, -0.2) is 41.3 Å². The summed E-state index contributed by atoms with van der Waals surface area (Å²) >= 11 is 0. The molecule has 0 amide bonds. The fourth-order valence-corrected chi connectivity index (χ4v) is 3.47. The van der Waals surface area contributed by atoms with Crippen molar-refractivity contribution < 1.29 is 9.84 Å². The Morgan fingerprint density at radius 1 is 1.17 bits per heavy atom. The van der Waals surface area contributed by atoms with Gasteiger partial charge in [-0.3, -0.25) is 4.90 Å². The normalized spacial score (nSPS) is 23.7. The Bertz CT molecular complexity index is 435. The third-order valence-corrected chi connectivity index (χ3v) is 4.96. The van der Waals surface area contributed by atoms with Crippen LogP contribution in [0.25, 0.3) is 0 Å². The molecule has 0 spiro atoms. The van der Waals surface area contributed by atoms with Gasteiger partial charge in [0.1, 0.15) is 5.75 Å². The number of aliphatic hydroxyl groups excluding tert-OH is 1. The minimum atomic E-state index is -0.301. The molecular formula is C20H33NO2. The van der Waals surface area contributed by atoms with Crippen molar-refractivity contribution in [3.05, 3.63) is 29.8 Å². The van der Waals surface area contributed by atoms with E-state index in [4.69, 9.17) is 4.74 Å². The van der Waals surface area contributed by atoms with Gasteiger partial charge in [-0.05, 0) is 57.2 Å². The predicted octanol–water partition coefficient (Wildman–Crippen LogP) is 4.03. The van der Waals surface area contributed by atoms with Crippen molar-refractivity contribution in [2.45, 2.75) is 77.5 Å². The van der Waals surface area contributed by atoms with Crippen molar-refractivity contribution in [3.8, 4) is 5.75 Å². The summed E-state index contributed by atoms with van der Waals surface area (Å²) in [6.45, 7) is 8.29. The van der Waals surface area contributed by atoms with E-state index in [-0.39, 0.29) is 6.10 Å². The highest BCUT2D eigenvalue weighted by atomic mass is 16.5. The molecule has 1 aromatic carbocycles. The van der Waals surface area contributed by atoms with Gasteiger partial charge in [0, 0.05) is 18.6 Å². The highest BCUT2D eigenvalue weighted by Crippen LogP contribution is 2.23. The molecule has 1 aliphatic rings. The van der Waals surface area contributed by atoms with Gasteiger partial charge >= 0.3 is 0 Å². The van der Waals surface area contributed by atoms with Gasteiger partial charge in [0.15, 0.2) is 0 Å². The Morgan fingerprint density at radius 3 is 2.43 bits per heavy atom. The number of hydrogen-bond donors (Lipinski definition) is 1. The van der Waals surface area contributed by atoms with E-state index < -0.39 is 0 Å². The molecule has 1 heterocycles. The highest BCUT2D eigenvalue weighted by molar-refractivity contribution is 5.27. The van der Waals surface area contributed by atoms with Crippen LogP contribution in [0, 0.1) is 0 Å². The van der Waals surface area contributed by atoms with Crippen molar-refractivity contribution in [2.24, 2.45) is 0 Å². The SMILES string of the molecule is CCCCOc1ccc(CC(O)CN2C(C)CCCC2C)cc1. The monoisotopic (exact) mass is 319 g/mol. The number of hydrogen-bond acceptors (Lipinski definition) is 3. The van der Waals surface area contributed by atoms with E-state index in [1.165, 1.54) is 24.8 Å². The molecule has 0 radical (unpaired) electrons. The number of unbranched alkanes of at least 4 members (excludes halogenated alkanes) is 1. The largest absolute Gasteiger partial charge is 0.494 e. The lowest BCUT2D eigenvalue weighted by Crippen LogP contribution is -2.47. The molecule has 1 saturated heterocycles. The summed E-state index contributed by atoms with van der Waals surface area (Å²) in [6, 6.07) is 9.36. The lowest BCUT2D eigenvalue weighted by Gasteiger charge is -2.40. The maximum atomic E-state index is 10.5. The Kier molecular flexibility index (Phi) is 7.38. The first-order valence-electron chi connectivity index (χ1n) is 9.25. The van der Waals surface area contributed by atoms with Gasteiger partial charge in [-0.2, -0.15) is 0 Å². The number of nitrogens with zero attached hydrogens (tertiary/aromatic N) is 1. The Morgan fingerprint density at radius 2 is 1.83 bits per heavy atom. The number of ether oxygens (including phenoxy) is 1. The molecule has 1 aromatic rings. The minimum Gasteiger partial charge on any atom is -0.494 e. The van der Waals surface area contributed by atoms with Crippen molar-refractivity contribution in [2.75, 3.05) is 13.2 Å². The van der Waals surface area contributed by atoms with E-state index in [1.54, 1.807) is 0 Å². The summed E-state index contributed by atoms with van der Waals surface area (Å²) in [6.07, 6.45) is 6.47. The van der Waals surface area contributed by atoms with Crippen molar-refractivity contribution in [1.29, 1.82) is 0 Å². The molecule has 130 valence electrons. The first kappa shape index (κ1) is 18.3. The van der Waals surface area contributed by atoms with E-state index in [9.17, 15) is 5.11 Å². The van der Waals surface area contributed by atoms with E-state index >= 15 is 0 Å². The van der Waals surface area contributed by atoms with Crippen LogP contribution in [0.1, 0.15) is 58.4 Å². The van der Waals surface area contributed by atoms with Crippen molar-refractivity contribution >= 4 is 0 Å². The molecule has 0 aliphatic carbocycles. The van der Waals surface area contributed by atoms with Crippen LogP contribution in [0.5, 0.6) is 5.75 Å².